The van der Waals surface area contributed by atoms with Gasteiger partial charge in [0.1, 0.15) is 0 Å². The zero-order chi connectivity index (χ0) is 19.5. The van der Waals surface area contributed by atoms with Crippen LogP contribution < -0.4 is 10.6 Å². The van der Waals surface area contributed by atoms with E-state index in [0.717, 1.165) is 35.5 Å². The van der Waals surface area contributed by atoms with Crippen molar-refractivity contribution in [1.29, 1.82) is 0 Å². The van der Waals surface area contributed by atoms with Gasteiger partial charge in [0, 0.05) is 16.1 Å². The summed E-state index contributed by atoms with van der Waals surface area (Å²) in [5.74, 6) is -0.515. The minimum Gasteiger partial charge on any atom is -0.326 e. The summed E-state index contributed by atoms with van der Waals surface area (Å²) < 4.78 is 0. The largest absolute Gasteiger partial charge is 0.326 e. The van der Waals surface area contributed by atoms with Crippen molar-refractivity contribution < 1.29 is 9.59 Å². The fourth-order valence-corrected chi connectivity index (χ4v) is 4.38. The van der Waals surface area contributed by atoms with E-state index in [1.165, 1.54) is 16.9 Å². The van der Waals surface area contributed by atoms with Crippen LogP contribution in [0.25, 0.3) is 0 Å². The van der Waals surface area contributed by atoms with Crippen molar-refractivity contribution in [1.82, 2.24) is 4.98 Å². The molecule has 3 aromatic rings. The van der Waals surface area contributed by atoms with Gasteiger partial charge in [-0.05, 0) is 49.1 Å². The van der Waals surface area contributed by atoms with Gasteiger partial charge in [-0.3, -0.25) is 14.9 Å². The molecule has 2 N–H and O–H groups in total. The van der Waals surface area contributed by atoms with Crippen molar-refractivity contribution in [3.63, 3.8) is 0 Å². The number of aromatic nitrogens is 1. The average molecular weight is 391 g/mol. The highest BCUT2D eigenvalue weighted by Gasteiger charge is 2.33. The van der Waals surface area contributed by atoms with Crippen molar-refractivity contribution in [2.24, 2.45) is 0 Å². The van der Waals surface area contributed by atoms with E-state index < -0.39 is 0 Å². The summed E-state index contributed by atoms with van der Waals surface area (Å²) in [6.45, 7) is 2.10. The van der Waals surface area contributed by atoms with E-state index in [9.17, 15) is 9.59 Å². The number of nitrogens with zero attached hydrogens (tertiary/aromatic N) is 1. The van der Waals surface area contributed by atoms with E-state index in [1.54, 1.807) is 12.1 Å². The van der Waals surface area contributed by atoms with Crippen LogP contribution in [-0.4, -0.2) is 16.8 Å². The Morgan fingerprint density at radius 3 is 2.54 bits per heavy atom. The SMILES string of the molecule is CCc1ccc(NC(=O)C2CCc3sc(NC(=O)c4ccccc4)nc32)cc1. The van der Waals surface area contributed by atoms with Crippen LogP contribution in [-0.2, 0) is 17.6 Å². The van der Waals surface area contributed by atoms with Gasteiger partial charge < -0.3 is 5.32 Å². The Balaban J connectivity index is 1.45. The lowest BCUT2D eigenvalue weighted by Crippen LogP contribution is -2.20. The molecule has 2 amide bonds. The summed E-state index contributed by atoms with van der Waals surface area (Å²) in [4.78, 5) is 30.7. The van der Waals surface area contributed by atoms with Crippen molar-refractivity contribution in [2.75, 3.05) is 10.6 Å². The highest BCUT2D eigenvalue weighted by molar-refractivity contribution is 7.16. The van der Waals surface area contributed by atoms with Crippen LogP contribution in [0, 0.1) is 0 Å². The first-order valence-corrected chi connectivity index (χ1v) is 10.2. The Morgan fingerprint density at radius 1 is 1.07 bits per heavy atom. The van der Waals surface area contributed by atoms with Gasteiger partial charge >= 0.3 is 0 Å². The lowest BCUT2D eigenvalue weighted by atomic mass is 10.1. The number of hydrogen-bond acceptors (Lipinski definition) is 4. The quantitative estimate of drug-likeness (QED) is 0.666. The second kappa shape index (κ2) is 7.94. The number of carbonyl (C=O) groups is 2. The Hall–Kier alpha value is -2.99. The van der Waals surface area contributed by atoms with Crippen LogP contribution in [0.3, 0.4) is 0 Å². The Morgan fingerprint density at radius 2 is 1.82 bits per heavy atom. The molecule has 1 aromatic heterocycles. The molecule has 0 aliphatic heterocycles. The third-order valence-electron chi connectivity index (χ3n) is 4.92. The van der Waals surface area contributed by atoms with Crippen LogP contribution in [0.15, 0.2) is 54.6 Å². The van der Waals surface area contributed by atoms with Crippen LogP contribution in [0.5, 0.6) is 0 Å². The predicted octanol–water partition coefficient (Wildman–Crippen LogP) is 4.63. The van der Waals surface area contributed by atoms with Gasteiger partial charge in [-0.25, -0.2) is 4.98 Å². The number of thiazole rings is 1. The van der Waals surface area contributed by atoms with Crippen LogP contribution >= 0.6 is 11.3 Å². The van der Waals surface area contributed by atoms with Crippen LogP contribution in [0.4, 0.5) is 10.8 Å². The van der Waals surface area contributed by atoms with E-state index in [1.807, 2.05) is 42.5 Å². The number of amides is 2. The van der Waals surface area contributed by atoms with E-state index in [-0.39, 0.29) is 17.7 Å². The van der Waals surface area contributed by atoms with Gasteiger partial charge in [-0.1, -0.05) is 37.3 Å². The van der Waals surface area contributed by atoms with Crippen LogP contribution in [0.2, 0.25) is 0 Å². The monoisotopic (exact) mass is 391 g/mol. The highest BCUT2D eigenvalue weighted by atomic mass is 32.1. The van der Waals surface area contributed by atoms with Gasteiger partial charge in [-0.2, -0.15) is 0 Å². The molecule has 0 radical (unpaired) electrons. The molecule has 1 heterocycles. The lowest BCUT2D eigenvalue weighted by molar-refractivity contribution is -0.117. The first kappa shape index (κ1) is 18.4. The third-order valence-corrected chi connectivity index (χ3v) is 5.97. The molecular formula is C22H21N3O2S. The molecule has 4 rings (SSSR count). The third kappa shape index (κ3) is 3.82. The molecule has 28 heavy (non-hydrogen) atoms. The number of carbonyl (C=O) groups excluding carboxylic acids is 2. The summed E-state index contributed by atoms with van der Waals surface area (Å²) in [6.07, 6.45) is 2.53. The molecule has 142 valence electrons. The van der Waals surface area contributed by atoms with Gasteiger partial charge in [0.25, 0.3) is 5.91 Å². The normalized spacial score (nSPS) is 15.1. The lowest BCUT2D eigenvalue weighted by Gasteiger charge is -2.11. The molecule has 1 unspecified atom stereocenters. The zero-order valence-corrected chi connectivity index (χ0v) is 16.4. The molecule has 0 fully saturated rings. The van der Waals surface area contributed by atoms with E-state index in [0.29, 0.717) is 10.7 Å². The van der Waals surface area contributed by atoms with E-state index >= 15 is 0 Å². The molecule has 0 bridgehead atoms. The molecule has 0 saturated carbocycles. The summed E-state index contributed by atoms with van der Waals surface area (Å²) in [6, 6.07) is 16.9. The minimum atomic E-state index is -0.278. The van der Waals surface area contributed by atoms with Gasteiger partial charge in [0.15, 0.2) is 5.13 Å². The van der Waals surface area contributed by atoms with Crippen molar-refractivity contribution >= 4 is 34.0 Å². The van der Waals surface area contributed by atoms with E-state index in [4.69, 9.17) is 0 Å². The standard InChI is InChI=1S/C22H21N3O2S/c1-2-14-8-10-16(11-9-14)23-21(27)17-12-13-18-19(17)24-22(28-18)25-20(26)15-6-4-3-5-7-15/h3-11,17H,2,12-13H2,1H3,(H,23,27)(H,24,25,26). The van der Waals surface area contributed by atoms with Crippen molar-refractivity contribution in [2.45, 2.75) is 32.1 Å². The van der Waals surface area contributed by atoms with Gasteiger partial charge in [0.2, 0.25) is 5.91 Å². The summed E-state index contributed by atoms with van der Waals surface area (Å²) in [7, 11) is 0. The number of fused-ring (bicyclic) bond motifs is 1. The van der Waals surface area contributed by atoms with E-state index in [2.05, 4.69) is 22.5 Å². The van der Waals surface area contributed by atoms with Crippen molar-refractivity contribution in [3.8, 4) is 0 Å². The Kier molecular flexibility index (Phi) is 5.21. The number of nitrogens with one attached hydrogen (secondary N) is 2. The molecule has 1 atom stereocenters. The molecule has 2 aromatic carbocycles. The first-order valence-electron chi connectivity index (χ1n) is 9.40. The maximum absolute atomic E-state index is 12.8. The molecule has 0 saturated heterocycles. The minimum absolute atomic E-state index is 0.0470. The highest BCUT2D eigenvalue weighted by Crippen LogP contribution is 2.39. The second-order valence-corrected chi connectivity index (χ2v) is 7.86. The molecular weight excluding hydrogens is 370 g/mol. The summed E-state index contributed by atoms with van der Waals surface area (Å²) in [5, 5.41) is 6.38. The second-order valence-electron chi connectivity index (χ2n) is 6.78. The maximum atomic E-state index is 12.8. The maximum Gasteiger partial charge on any atom is 0.257 e. The number of rotatable bonds is 5. The van der Waals surface area contributed by atoms with Gasteiger partial charge in [0.05, 0.1) is 11.6 Å². The van der Waals surface area contributed by atoms with Crippen LogP contribution in [0.1, 0.15) is 45.8 Å². The fraction of sp³-hybridized carbons (Fsp3) is 0.227. The Labute approximate surface area is 167 Å². The fourth-order valence-electron chi connectivity index (χ4n) is 3.35. The van der Waals surface area contributed by atoms with Gasteiger partial charge in [-0.15, -0.1) is 11.3 Å². The zero-order valence-electron chi connectivity index (χ0n) is 15.6. The molecule has 1 aliphatic rings. The number of aryl methyl sites for hydroxylation is 2. The summed E-state index contributed by atoms with van der Waals surface area (Å²) in [5.41, 5.74) is 3.40. The topological polar surface area (TPSA) is 71.1 Å². The molecule has 6 heteroatoms. The number of hydrogen-bond donors (Lipinski definition) is 2. The summed E-state index contributed by atoms with van der Waals surface area (Å²) >= 11 is 1.45. The number of anilines is 2. The number of benzene rings is 2. The molecule has 0 spiro atoms. The predicted molar refractivity (Wildman–Crippen MR) is 112 cm³/mol. The Bertz CT molecular complexity index is 996. The molecule has 5 nitrogen and oxygen atoms in total. The average Bonchev–Trinajstić information content (AvgIpc) is 3.29. The van der Waals surface area contributed by atoms with Crippen molar-refractivity contribution in [3.05, 3.63) is 76.3 Å². The molecule has 1 aliphatic carbocycles. The smallest absolute Gasteiger partial charge is 0.257 e. The first-order chi connectivity index (χ1) is 13.6.